The van der Waals surface area contributed by atoms with E-state index >= 15 is 0 Å². The van der Waals surface area contributed by atoms with Gasteiger partial charge in [-0.15, -0.1) is 0 Å². The van der Waals surface area contributed by atoms with Gasteiger partial charge in [0, 0.05) is 5.56 Å². The summed E-state index contributed by atoms with van der Waals surface area (Å²) in [7, 11) is 0. The smallest absolute Gasteiger partial charge is 0.307 e. The highest BCUT2D eigenvalue weighted by Crippen LogP contribution is 2.26. The van der Waals surface area contributed by atoms with Crippen LogP contribution in [0, 0.1) is 18.6 Å². The average Bonchev–Trinajstić information content (AvgIpc) is 2.35. The summed E-state index contributed by atoms with van der Waals surface area (Å²) >= 11 is 0. The lowest BCUT2D eigenvalue weighted by molar-refractivity contribution is -0.136. The monoisotopic (exact) mass is 262 g/mol. The van der Waals surface area contributed by atoms with E-state index in [-0.39, 0.29) is 11.4 Å². The van der Waals surface area contributed by atoms with Crippen molar-refractivity contribution >= 4 is 5.97 Å². The molecule has 2 aromatic carbocycles. The van der Waals surface area contributed by atoms with E-state index in [4.69, 9.17) is 5.11 Å². The largest absolute Gasteiger partial charge is 0.481 e. The number of carboxylic acids is 1. The molecule has 0 aliphatic heterocycles. The SMILES string of the molecule is Cc1cccc(-c2ccc(F)c(CC(=O)O)c2)c1F. The molecule has 0 saturated carbocycles. The summed E-state index contributed by atoms with van der Waals surface area (Å²) in [6.45, 7) is 1.64. The molecule has 2 rings (SSSR count). The first-order valence-corrected chi connectivity index (χ1v) is 5.74. The molecule has 0 aromatic heterocycles. The molecule has 2 aromatic rings. The number of benzene rings is 2. The minimum absolute atomic E-state index is 0.0471. The number of carbonyl (C=O) groups is 1. The molecule has 0 saturated heterocycles. The van der Waals surface area contributed by atoms with Gasteiger partial charge in [0.25, 0.3) is 0 Å². The fourth-order valence-corrected chi connectivity index (χ4v) is 1.91. The van der Waals surface area contributed by atoms with E-state index in [2.05, 4.69) is 0 Å². The minimum atomic E-state index is -1.12. The van der Waals surface area contributed by atoms with Crippen LogP contribution < -0.4 is 0 Å². The van der Waals surface area contributed by atoms with Crippen LogP contribution in [-0.4, -0.2) is 11.1 Å². The van der Waals surface area contributed by atoms with Crippen molar-refractivity contribution in [3.8, 4) is 11.1 Å². The molecule has 0 bridgehead atoms. The Labute approximate surface area is 109 Å². The highest BCUT2D eigenvalue weighted by Gasteiger charge is 2.12. The van der Waals surface area contributed by atoms with Crippen LogP contribution in [0.4, 0.5) is 8.78 Å². The predicted octanol–water partition coefficient (Wildman–Crippen LogP) is 3.57. The third kappa shape index (κ3) is 2.78. The van der Waals surface area contributed by atoms with Gasteiger partial charge < -0.3 is 5.11 Å². The van der Waals surface area contributed by atoms with E-state index in [1.54, 1.807) is 25.1 Å². The van der Waals surface area contributed by atoms with Crippen LogP contribution in [0.3, 0.4) is 0 Å². The maximum atomic E-state index is 14.0. The highest BCUT2D eigenvalue weighted by atomic mass is 19.1. The number of rotatable bonds is 3. The molecule has 0 aliphatic carbocycles. The van der Waals surface area contributed by atoms with Crippen molar-refractivity contribution in [2.24, 2.45) is 0 Å². The molecule has 19 heavy (non-hydrogen) atoms. The Bertz CT molecular complexity index is 636. The summed E-state index contributed by atoms with van der Waals surface area (Å²) in [5, 5.41) is 8.71. The lowest BCUT2D eigenvalue weighted by Crippen LogP contribution is -2.03. The van der Waals surface area contributed by atoms with Gasteiger partial charge in [-0.3, -0.25) is 4.79 Å². The van der Waals surface area contributed by atoms with Gasteiger partial charge in [-0.2, -0.15) is 0 Å². The molecule has 2 nitrogen and oxygen atoms in total. The van der Waals surface area contributed by atoms with Crippen molar-refractivity contribution in [3.05, 3.63) is 59.2 Å². The zero-order chi connectivity index (χ0) is 14.0. The fourth-order valence-electron chi connectivity index (χ4n) is 1.91. The van der Waals surface area contributed by atoms with E-state index < -0.39 is 18.2 Å². The highest BCUT2D eigenvalue weighted by molar-refractivity contribution is 5.72. The summed E-state index contributed by atoms with van der Waals surface area (Å²) < 4.78 is 27.4. The van der Waals surface area contributed by atoms with Gasteiger partial charge in [0.2, 0.25) is 0 Å². The van der Waals surface area contributed by atoms with Crippen molar-refractivity contribution in [1.29, 1.82) is 0 Å². The Hall–Kier alpha value is -2.23. The molecule has 0 heterocycles. The zero-order valence-electron chi connectivity index (χ0n) is 10.3. The molecule has 0 amide bonds. The van der Waals surface area contributed by atoms with Crippen LogP contribution in [0.5, 0.6) is 0 Å². The zero-order valence-corrected chi connectivity index (χ0v) is 10.3. The van der Waals surface area contributed by atoms with Crippen molar-refractivity contribution in [3.63, 3.8) is 0 Å². The van der Waals surface area contributed by atoms with E-state index in [0.717, 1.165) is 6.07 Å². The molecule has 1 N–H and O–H groups in total. The van der Waals surface area contributed by atoms with Gasteiger partial charge in [-0.1, -0.05) is 24.3 Å². The van der Waals surface area contributed by atoms with Gasteiger partial charge in [0.15, 0.2) is 0 Å². The molecule has 0 fully saturated rings. The Morgan fingerprint density at radius 3 is 2.63 bits per heavy atom. The third-order valence-electron chi connectivity index (χ3n) is 2.89. The first kappa shape index (κ1) is 13.2. The predicted molar refractivity (Wildman–Crippen MR) is 67.9 cm³/mol. The van der Waals surface area contributed by atoms with Gasteiger partial charge >= 0.3 is 5.97 Å². The van der Waals surface area contributed by atoms with Gasteiger partial charge in [0.1, 0.15) is 11.6 Å². The average molecular weight is 262 g/mol. The molecule has 0 spiro atoms. The number of carboxylic acid groups (broad SMARTS) is 1. The summed E-state index contributed by atoms with van der Waals surface area (Å²) in [6.07, 6.45) is -0.424. The van der Waals surface area contributed by atoms with E-state index in [1.165, 1.54) is 12.1 Å². The molecular weight excluding hydrogens is 250 g/mol. The normalized spacial score (nSPS) is 10.5. The Kier molecular flexibility index (Phi) is 3.60. The first-order valence-electron chi connectivity index (χ1n) is 5.74. The Morgan fingerprint density at radius 2 is 1.95 bits per heavy atom. The number of halogens is 2. The van der Waals surface area contributed by atoms with Gasteiger partial charge in [0.05, 0.1) is 6.42 Å². The maximum absolute atomic E-state index is 14.0. The fraction of sp³-hybridized carbons (Fsp3) is 0.133. The maximum Gasteiger partial charge on any atom is 0.307 e. The number of hydrogen-bond donors (Lipinski definition) is 1. The molecule has 98 valence electrons. The van der Waals surface area contributed by atoms with Crippen LogP contribution in [0.25, 0.3) is 11.1 Å². The second-order valence-electron chi connectivity index (χ2n) is 4.31. The van der Waals surface area contributed by atoms with Crippen LogP contribution in [-0.2, 0) is 11.2 Å². The van der Waals surface area contributed by atoms with Crippen molar-refractivity contribution in [1.82, 2.24) is 0 Å². The Balaban J connectivity index is 2.51. The van der Waals surface area contributed by atoms with Crippen molar-refractivity contribution < 1.29 is 18.7 Å². The van der Waals surface area contributed by atoms with Gasteiger partial charge in [-0.05, 0) is 35.7 Å². The summed E-state index contributed by atoms with van der Waals surface area (Å²) in [5.41, 5.74) is 1.35. The van der Waals surface area contributed by atoms with Gasteiger partial charge in [-0.25, -0.2) is 8.78 Å². The van der Waals surface area contributed by atoms with E-state index in [9.17, 15) is 13.6 Å². The first-order chi connectivity index (χ1) is 8.99. The van der Waals surface area contributed by atoms with Crippen LogP contribution >= 0.6 is 0 Å². The van der Waals surface area contributed by atoms with Crippen molar-refractivity contribution in [2.45, 2.75) is 13.3 Å². The third-order valence-corrected chi connectivity index (χ3v) is 2.89. The molecule has 0 atom stereocenters. The lowest BCUT2D eigenvalue weighted by Gasteiger charge is -2.08. The molecule has 0 unspecified atom stereocenters. The summed E-state index contributed by atoms with van der Waals surface area (Å²) in [4.78, 5) is 10.6. The number of aryl methyl sites for hydroxylation is 1. The number of aliphatic carboxylic acids is 1. The second kappa shape index (κ2) is 5.18. The summed E-state index contributed by atoms with van der Waals surface area (Å²) in [5.74, 6) is -2.10. The van der Waals surface area contributed by atoms with Crippen LogP contribution in [0.2, 0.25) is 0 Å². The lowest BCUT2D eigenvalue weighted by atomic mass is 9.99. The molecular formula is C15H12F2O2. The number of hydrogen-bond acceptors (Lipinski definition) is 1. The Morgan fingerprint density at radius 1 is 1.21 bits per heavy atom. The second-order valence-corrected chi connectivity index (χ2v) is 4.31. The summed E-state index contributed by atoms with van der Waals surface area (Å²) in [6, 6.07) is 8.91. The van der Waals surface area contributed by atoms with Crippen LogP contribution in [0.15, 0.2) is 36.4 Å². The topological polar surface area (TPSA) is 37.3 Å². The quantitative estimate of drug-likeness (QED) is 0.918. The minimum Gasteiger partial charge on any atom is -0.481 e. The standard InChI is InChI=1S/C15H12F2O2/c1-9-3-2-4-12(15(9)17)10-5-6-13(16)11(7-10)8-14(18)19/h2-7H,8H2,1H3,(H,18,19). The molecule has 4 heteroatoms. The molecule has 0 radical (unpaired) electrons. The molecule has 0 aliphatic rings. The van der Waals surface area contributed by atoms with E-state index in [1.807, 2.05) is 0 Å². The van der Waals surface area contributed by atoms with Crippen molar-refractivity contribution in [2.75, 3.05) is 0 Å². The van der Waals surface area contributed by atoms with E-state index in [0.29, 0.717) is 16.7 Å². The van der Waals surface area contributed by atoms with Crippen LogP contribution in [0.1, 0.15) is 11.1 Å².